The highest BCUT2D eigenvalue weighted by molar-refractivity contribution is 5.84. The van der Waals surface area contributed by atoms with E-state index in [1.165, 1.54) is 12.5 Å². The number of amides is 1. The van der Waals surface area contributed by atoms with Crippen molar-refractivity contribution in [3.63, 3.8) is 0 Å². The Morgan fingerprint density at radius 2 is 2.38 bits per heavy atom. The predicted molar refractivity (Wildman–Crippen MR) is 55.6 cm³/mol. The second-order valence-corrected chi connectivity index (χ2v) is 3.03. The molecule has 2 N–H and O–H groups in total. The monoisotopic (exact) mass is 221 g/mol. The maximum Gasteiger partial charge on any atom is 0.356 e. The number of hydrogen-bond donors (Lipinski definition) is 2. The molecule has 0 spiro atoms. The zero-order chi connectivity index (χ0) is 12.0. The van der Waals surface area contributed by atoms with E-state index in [4.69, 9.17) is 11.5 Å². The molecule has 1 aromatic rings. The molecule has 0 saturated heterocycles. The van der Waals surface area contributed by atoms with Gasteiger partial charge in [0.05, 0.1) is 12.7 Å². The van der Waals surface area contributed by atoms with Crippen molar-refractivity contribution in [2.24, 2.45) is 0 Å². The minimum atomic E-state index is -1.07. The number of rotatable bonds is 5. The van der Waals surface area contributed by atoms with Crippen molar-refractivity contribution in [3.05, 3.63) is 18.2 Å². The smallest absolute Gasteiger partial charge is 0.356 e. The first-order valence-corrected chi connectivity index (χ1v) is 4.58. The van der Waals surface area contributed by atoms with Gasteiger partial charge in [0.15, 0.2) is 5.69 Å². The van der Waals surface area contributed by atoms with Gasteiger partial charge in [-0.15, -0.1) is 6.42 Å². The van der Waals surface area contributed by atoms with E-state index in [0.717, 1.165) is 0 Å². The predicted octanol–water partition coefficient (Wildman–Crippen LogP) is -0.279. The maximum atomic E-state index is 11.0. The van der Waals surface area contributed by atoms with Gasteiger partial charge in [-0.2, -0.15) is 0 Å². The lowest BCUT2D eigenvalue weighted by Gasteiger charge is -2.03. The standard InChI is InChI=1S/C10H11N3O3/c1-2-3-9(14)11-4-5-13-6-8(10(15)16)12-7-13/h1,6-7H,3-5H2,(H,11,14)(H,15,16). The second kappa shape index (κ2) is 5.56. The molecule has 0 fully saturated rings. The van der Waals surface area contributed by atoms with Gasteiger partial charge in [-0.25, -0.2) is 9.78 Å². The van der Waals surface area contributed by atoms with Gasteiger partial charge in [0.1, 0.15) is 0 Å². The van der Waals surface area contributed by atoms with Crippen LogP contribution in [0.25, 0.3) is 0 Å². The first kappa shape index (κ1) is 11.8. The second-order valence-electron chi connectivity index (χ2n) is 3.03. The molecule has 0 aliphatic carbocycles. The lowest BCUT2D eigenvalue weighted by atomic mass is 10.4. The number of carbonyl (C=O) groups excluding carboxylic acids is 1. The Balaban J connectivity index is 2.35. The molecule has 0 aromatic carbocycles. The van der Waals surface area contributed by atoms with Crippen molar-refractivity contribution < 1.29 is 14.7 Å². The topological polar surface area (TPSA) is 84.2 Å². The average Bonchev–Trinajstić information content (AvgIpc) is 2.67. The van der Waals surface area contributed by atoms with Gasteiger partial charge < -0.3 is 15.0 Å². The van der Waals surface area contributed by atoms with Crippen molar-refractivity contribution in [2.45, 2.75) is 13.0 Å². The Hall–Kier alpha value is -2.29. The number of nitrogens with zero attached hydrogens (tertiary/aromatic N) is 2. The molecule has 0 aliphatic rings. The zero-order valence-electron chi connectivity index (χ0n) is 8.51. The molecule has 0 bridgehead atoms. The van der Waals surface area contributed by atoms with Gasteiger partial charge in [-0.05, 0) is 0 Å². The Morgan fingerprint density at radius 3 is 2.94 bits per heavy atom. The van der Waals surface area contributed by atoms with Crippen LogP contribution in [0.4, 0.5) is 0 Å². The first-order valence-electron chi connectivity index (χ1n) is 4.58. The highest BCUT2D eigenvalue weighted by atomic mass is 16.4. The van der Waals surface area contributed by atoms with E-state index < -0.39 is 5.97 Å². The Labute approximate surface area is 92.3 Å². The summed E-state index contributed by atoms with van der Waals surface area (Å²) in [5.41, 5.74) is -0.0186. The van der Waals surface area contributed by atoms with Crippen LogP contribution in [-0.4, -0.2) is 33.1 Å². The summed E-state index contributed by atoms with van der Waals surface area (Å²) in [7, 11) is 0. The number of terminal acetylenes is 1. The summed E-state index contributed by atoms with van der Waals surface area (Å²) < 4.78 is 1.58. The number of carboxylic acid groups (broad SMARTS) is 1. The van der Waals surface area contributed by atoms with Crippen LogP contribution in [0.1, 0.15) is 16.9 Å². The molecule has 16 heavy (non-hydrogen) atoms. The SMILES string of the molecule is C#CCC(=O)NCCn1cnc(C(=O)O)c1. The molecule has 0 radical (unpaired) electrons. The van der Waals surface area contributed by atoms with Gasteiger partial charge in [-0.1, -0.05) is 5.92 Å². The molecule has 84 valence electrons. The van der Waals surface area contributed by atoms with E-state index in [1.807, 2.05) is 0 Å². The summed E-state index contributed by atoms with van der Waals surface area (Å²) in [6.07, 6.45) is 7.80. The number of aromatic nitrogens is 2. The summed E-state index contributed by atoms with van der Waals surface area (Å²) in [6.45, 7) is 0.840. The normalized spacial score (nSPS) is 9.44. The fourth-order valence-electron chi connectivity index (χ4n) is 1.07. The first-order chi connectivity index (χ1) is 7.63. The summed E-state index contributed by atoms with van der Waals surface area (Å²) in [5.74, 6) is 0.931. The van der Waals surface area contributed by atoms with Crippen LogP contribution < -0.4 is 5.32 Å². The number of hydrogen-bond acceptors (Lipinski definition) is 3. The molecule has 1 amide bonds. The molecule has 1 rings (SSSR count). The van der Waals surface area contributed by atoms with Crippen LogP contribution >= 0.6 is 0 Å². The third-order valence-electron chi connectivity index (χ3n) is 1.81. The lowest BCUT2D eigenvalue weighted by molar-refractivity contribution is -0.120. The number of nitrogens with one attached hydrogen (secondary N) is 1. The summed E-state index contributed by atoms with van der Waals surface area (Å²) in [4.78, 5) is 25.2. The molecule has 0 aliphatic heterocycles. The van der Waals surface area contributed by atoms with E-state index in [2.05, 4.69) is 16.2 Å². The van der Waals surface area contributed by atoms with Crippen molar-refractivity contribution >= 4 is 11.9 Å². The molecule has 0 unspecified atom stereocenters. The number of carboxylic acids is 1. The molecule has 0 atom stereocenters. The van der Waals surface area contributed by atoms with Crippen LogP contribution in [0.15, 0.2) is 12.5 Å². The summed E-state index contributed by atoms with van der Waals surface area (Å²) in [5, 5.41) is 11.2. The van der Waals surface area contributed by atoms with Gasteiger partial charge in [0.2, 0.25) is 5.91 Å². The van der Waals surface area contributed by atoms with Crippen molar-refractivity contribution in [2.75, 3.05) is 6.54 Å². The van der Waals surface area contributed by atoms with E-state index >= 15 is 0 Å². The van der Waals surface area contributed by atoms with Crippen molar-refractivity contribution in [1.82, 2.24) is 14.9 Å². The summed E-state index contributed by atoms with van der Waals surface area (Å²) >= 11 is 0. The zero-order valence-corrected chi connectivity index (χ0v) is 8.51. The minimum Gasteiger partial charge on any atom is -0.476 e. The molecular weight excluding hydrogens is 210 g/mol. The number of aromatic carboxylic acids is 1. The van der Waals surface area contributed by atoms with Gasteiger partial charge in [0, 0.05) is 19.3 Å². The highest BCUT2D eigenvalue weighted by Gasteiger charge is 2.06. The molecule has 6 nitrogen and oxygen atoms in total. The molecule has 1 aromatic heterocycles. The van der Waals surface area contributed by atoms with Gasteiger partial charge >= 0.3 is 5.97 Å². The van der Waals surface area contributed by atoms with E-state index in [1.54, 1.807) is 4.57 Å². The molecular formula is C10H11N3O3. The number of carbonyl (C=O) groups is 2. The third-order valence-corrected chi connectivity index (χ3v) is 1.81. The third kappa shape index (κ3) is 3.46. The van der Waals surface area contributed by atoms with E-state index in [0.29, 0.717) is 13.1 Å². The van der Waals surface area contributed by atoms with E-state index in [9.17, 15) is 9.59 Å². The maximum absolute atomic E-state index is 11.0. The van der Waals surface area contributed by atoms with Crippen molar-refractivity contribution in [1.29, 1.82) is 0 Å². The quantitative estimate of drug-likeness (QED) is 0.670. The lowest BCUT2D eigenvalue weighted by Crippen LogP contribution is -2.26. The minimum absolute atomic E-state index is 0.0186. The van der Waals surface area contributed by atoms with E-state index in [-0.39, 0.29) is 18.0 Å². The van der Waals surface area contributed by atoms with Crippen LogP contribution in [0.2, 0.25) is 0 Å². The van der Waals surface area contributed by atoms with Gasteiger partial charge in [0.25, 0.3) is 0 Å². The van der Waals surface area contributed by atoms with Crippen LogP contribution in [0, 0.1) is 12.3 Å². The van der Waals surface area contributed by atoms with Gasteiger partial charge in [-0.3, -0.25) is 4.79 Å². The molecule has 1 heterocycles. The Morgan fingerprint density at radius 1 is 1.62 bits per heavy atom. The largest absolute Gasteiger partial charge is 0.476 e. The van der Waals surface area contributed by atoms with Crippen LogP contribution in [0.3, 0.4) is 0 Å². The van der Waals surface area contributed by atoms with Crippen LogP contribution in [0.5, 0.6) is 0 Å². The highest BCUT2D eigenvalue weighted by Crippen LogP contribution is 1.95. The fraction of sp³-hybridized carbons (Fsp3) is 0.300. The number of imidazole rings is 1. The van der Waals surface area contributed by atoms with Crippen LogP contribution in [-0.2, 0) is 11.3 Å². The van der Waals surface area contributed by atoms with Crippen molar-refractivity contribution in [3.8, 4) is 12.3 Å². The average molecular weight is 221 g/mol. The molecule has 6 heteroatoms. The Kier molecular flexibility index (Phi) is 4.09. The molecule has 0 saturated carbocycles. The Bertz CT molecular complexity index is 431. The fourth-order valence-corrected chi connectivity index (χ4v) is 1.07. The summed E-state index contributed by atoms with van der Waals surface area (Å²) in [6, 6.07) is 0.